The van der Waals surface area contributed by atoms with Crippen LogP contribution in [-0.4, -0.2) is 24.2 Å². The standard InChI is InChI=1S/C11H23N2OPS2/c1-6-8-12-9-13-15(16,14-10(3)4)17-11(5)7-2/h6,9-11H,1,7-8H2,2-5H3,(H,12,13,16). The summed E-state index contributed by atoms with van der Waals surface area (Å²) in [7, 11) is 0. The van der Waals surface area contributed by atoms with E-state index in [1.807, 2.05) is 13.8 Å². The SMILES string of the molecule is C=CCN=CNP(=S)(OC(C)C)SC(C)CC. The summed E-state index contributed by atoms with van der Waals surface area (Å²) in [4.78, 5) is 4.13. The van der Waals surface area contributed by atoms with Gasteiger partial charge in [0.1, 0.15) is 0 Å². The predicted octanol–water partition coefficient (Wildman–Crippen LogP) is 3.97. The molecule has 0 aliphatic heterocycles. The van der Waals surface area contributed by atoms with E-state index in [1.54, 1.807) is 23.8 Å². The van der Waals surface area contributed by atoms with Crippen molar-refractivity contribution in [1.82, 2.24) is 5.09 Å². The van der Waals surface area contributed by atoms with Gasteiger partial charge in [0, 0.05) is 5.25 Å². The minimum atomic E-state index is -2.07. The van der Waals surface area contributed by atoms with Gasteiger partial charge in [0.15, 0.2) is 0 Å². The first-order chi connectivity index (χ1) is 7.93. The molecule has 0 amide bonds. The molecule has 17 heavy (non-hydrogen) atoms. The Balaban J connectivity index is 4.49. The molecule has 100 valence electrons. The summed E-state index contributed by atoms with van der Waals surface area (Å²) in [5.74, 6) is 0. The van der Waals surface area contributed by atoms with Crippen molar-refractivity contribution in [3.63, 3.8) is 0 Å². The molecule has 0 spiro atoms. The van der Waals surface area contributed by atoms with Crippen LogP contribution in [0.1, 0.15) is 34.1 Å². The number of hydrogen-bond donors (Lipinski definition) is 1. The summed E-state index contributed by atoms with van der Waals surface area (Å²) in [5.41, 5.74) is -2.07. The summed E-state index contributed by atoms with van der Waals surface area (Å²) in [6, 6.07) is 0. The molecule has 3 nitrogen and oxygen atoms in total. The Hall–Kier alpha value is 0.170. The van der Waals surface area contributed by atoms with Gasteiger partial charge in [-0.3, -0.25) is 4.99 Å². The maximum Gasteiger partial charge on any atom is 0.211 e. The summed E-state index contributed by atoms with van der Waals surface area (Å²) in [5, 5.41) is 3.64. The first-order valence-corrected chi connectivity index (χ1v) is 9.97. The molecule has 1 N–H and O–H groups in total. The Kier molecular flexibility index (Phi) is 9.24. The molecule has 0 bridgehead atoms. The highest BCUT2D eigenvalue weighted by atomic mass is 32.9. The van der Waals surface area contributed by atoms with Crippen LogP contribution in [0.2, 0.25) is 0 Å². The van der Waals surface area contributed by atoms with Crippen molar-refractivity contribution in [1.29, 1.82) is 0 Å². The van der Waals surface area contributed by atoms with Crippen LogP contribution < -0.4 is 5.09 Å². The van der Waals surface area contributed by atoms with Crippen LogP contribution in [-0.2, 0) is 16.3 Å². The number of rotatable bonds is 9. The van der Waals surface area contributed by atoms with Crippen LogP contribution in [0.25, 0.3) is 0 Å². The van der Waals surface area contributed by atoms with Gasteiger partial charge < -0.3 is 9.61 Å². The normalized spacial score (nSPS) is 17.0. The van der Waals surface area contributed by atoms with Crippen LogP contribution in [0, 0.1) is 0 Å². The average molecular weight is 294 g/mol. The second-order valence-electron chi connectivity index (χ2n) is 3.89. The zero-order valence-corrected chi connectivity index (χ0v) is 13.6. The van der Waals surface area contributed by atoms with Gasteiger partial charge in [-0.25, -0.2) is 0 Å². The summed E-state index contributed by atoms with van der Waals surface area (Å²) < 4.78 is 5.85. The lowest BCUT2D eigenvalue weighted by molar-refractivity contribution is 0.274. The third-order valence-electron chi connectivity index (χ3n) is 1.78. The van der Waals surface area contributed by atoms with Crippen molar-refractivity contribution >= 4 is 35.1 Å². The zero-order valence-electron chi connectivity index (χ0n) is 11.0. The maximum atomic E-state index is 5.85. The quantitative estimate of drug-likeness (QED) is 0.302. The summed E-state index contributed by atoms with van der Waals surface area (Å²) in [6.07, 6.45) is 4.60. The molecule has 2 atom stereocenters. The highest BCUT2D eigenvalue weighted by Crippen LogP contribution is 2.59. The lowest BCUT2D eigenvalue weighted by Gasteiger charge is -2.25. The van der Waals surface area contributed by atoms with Crippen LogP contribution >= 0.6 is 17.0 Å². The van der Waals surface area contributed by atoms with E-state index in [4.69, 9.17) is 16.3 Å². The molecule has 0 heterocycles. The fourth-order valence-corrected chi connectivity index (χ4v) is 7.32. The van der Waals surface area contributed by atoms with Crippen molar-refractivity contribution in [2.45, 2.75) is 45.5 Å². The van der Waals surface area contributed by atoms with E-state index < -0.39 is 5.62 Å². The monoisotopic (exact) mass is 294 g/mol. The Morgan fingerprint density at radius 2 is 2.18 bits per heavy atom. The molecular weight excluding hydrogens is 271 g/mol. The molecule has 0 aromatic carbocycles. The largest absolute Gasteiger partial charge is 0.324 e. The highest BCUT2D eigenvalue weighted by Gasteiger charge is 2.21. The van der Waals surface area contributed by atoms with Crippen LogP contribution in [0.5, 0.6) is 0 Å². The van der Waals surface area contributed by atoms with Crippen molar-refractivity contribution in [3.05, 3.63) is 12.7 Å². The zero-order chi connectivity index (χ0) is 13.3. The lowest BCUT2D eigenvalue weighted by atomic mass is 10.4. The van der Waals surface area contributed by atoms with E-state index in [1.165, 1.54) is 0 Å². The summed E-state index contributed by atoms with van der Waals surface area (Å²) in [6.45, 7) is 12.5. The van der Waals surface area contributed by atoms with Crippen molar-refractivity contribution in [2.75, 3.05) is 6.54 Å². The number of nitrogens with zero attached hydrogens (tertiary/aromatic N) is 1. The van der Waals surface area contributed by atoms with Gasteiger partial charge in [-0.15, -0.1) is 6.58 Å². The van der Waals surface area contributed by atoms with Gasteiger partial charge in [-0.1, -0.05) is 31.3 Å². The molecule has 0 fully saturated rings. The number of nitrogens with one attached hydrogen (secondary N) is 1. The highest BCUT2D eigenvalue weighted by molar-refractivity contribution is 8.69. The van der Waals surface area contributed by atoms with Crippen molar-refractivity contribution < 1.29 is 4.52 Å². The molecule has 2 unspecified atom stereocenters. The third-order valence-corrected chi connectivity index (χ3v) is 7.72. The fraction of sp³-hybridized carbons (Fsp3) is 0.727. The molecule has 0 aliphatic rings. The Morgan fingerprint density at radius 3 is 2.65 bits per heavy atom. The molecular formula is C11H23N2OPS2. The van der Waals surface area contributed by atoms with Crippen molar-refractivity contribution in [2.24, 2.45) is 4.99 Å². The van der Waals surface area contributed by atoms with Gasteiger partial charge >= 0.3 is 0 Å². The molecule has 0 rings (SSSR count). The van der Waals surface area contributed by atoms with Gasteiger partial charge in [0.2, 0.25) is 5.62 Å². The van der Waals surface area contributed by atoms with E-state index >= 15 is 0 Å². The van der Waals surface area contributed by atoms with E-state index in [2.05, 4.69) is 30.5 Å². The second-order valence-corrected chi connectivity index (χ2v) is 10.8. The van der Waals surface area contributed by atoms with E-state index in [0.29, 0.717) is 11.8 Å². The molecule has 0 aliphatic carbocycles. The van der Waals surface area contributed by atoms with Gasteiger partial charge in [0.25, 0.3) is 0 Å². The first kappa shape index (κ1) is 17.2. The number of aliphatic imine (C=N–C) groups is 1. The lowest BCUT2D eigenvalue weighted by Crippen LogP contribution is -2.13. The average Bonchev–Trinajstić information content (AvgIpc) is 2.23. The van der Waals surface area contributed by atoms with Gasteiger partial charge in [-0.05, 0) is 32.1 Å². The Labute approximate surface area is 114 Å². The van der Waals surface area contributed by atoms with Crippen molar-refractivity contribution in [3.8, 4) is 0 Å². The fourth-order valence-electron chi connectivity index (χ4n) is 0.913. The minimum absolute atomic E-state index is 0.123. The third kappa shape index (κ3) is 8.83. The van der Waals surface area contributed by atoms with Crippen LogP contribution in [0.15, 0.2) is 17.6 Å². The van der Waals surface area contributed by atoms with Crippen LogP contribution in [0.3, 0.4) is 0 Å². The molecule has 0 saturated heterocycles. The first-order valence-electron chi connectivity index (χ1n) is 5.77. The second kappa shape index (κ2) is 9.15. The molecule has 0 saturated carbocycles. The van der Waals surface area contributed by atoms with E-state index in [0.717, 1.165) is 6.42 Å². The molecule has 0 radical (unpaired) electrons. The smallest absolute Gasteiger partial charge is 0.211 e. The van der Waals surface area contributed by atoms with E-state index in [9.17, 15) is 0 Å². The topological polar surface area (TPSA) is 33.6 Å². The van der Waals surface area contributed by atoms with Gasteiger partial charge in [0.05, 0.1) is 19.0 Å². The molecule has 0 aromatic heterocycles. The summed E-state index contributed by atoms with van der Waals surface area (Å²) >= 11 is 7.30. The van der Waals surface area contributed by atoms with Gasteiger partial charge in [-0.2, -0.15) is 0 Å². The van der Waals surface area contributed by atoms with E-state index in [-0.39, 0.29) is 6.10 Å². The predicted molar refractivity (Wildman–Crippen MR) is 84.5 cm³/mol. The number of hydrogen-bond acceptors (Lipinski definition) is 4. The maximum absolute atomic E-state index is 5.85. The molecule has 6 heteroatoms. The Morgan fingerprint density at radius 1 is 1.53 bits per heavy atom. The van der Waals surface area contributed by atoms with Crippen LogP contribution in [0.4, 0.5) is 0 Å². The molecule has 0 aromatic rings. The Bertz CT molecular complexity index is 295. The minimum Gasteiger partial charge on any atom is -0.324 e.